The van der Waals surface area contributed by atoms with Crippen LogP contribution in [0.1, 0.15) is 42.9 Å². The maximum absolute atomic E-state index is 12.0. The number of amides is 1. The molecule has 1 aromatic heterocycles. The number of carbonyl (C=O) groups is 1. The van der Waals surface area contributed by atoms with Crippen LogP contribution in [0.2, 0.25) is 0 Å². The first-order valence-corrected chi connectivity index (χ1v) is 7.92. The van der Waals surface area contributed by atoms with Crippen LogP contribution < -0.4 is 5.32 Å². The van der Waals surface area contributed by atoms with Crippen molar-refractivity contribution in [2.45, 2.75) is 43.5 Å². The zero-order chi connectivity index (χ0) is 13.6. The van der Waals surface area contributed by atoms with Crippen molar-refractivity contribution >= 4 is 25.6 Å². The number of hydrogen-bond acceptors (Lipinski definition) is 4. The topological polar surface area (TPSA) is 91.9 Å². The van der Waals surface area contributed by atoms with E-state index in [1.165, 1.54) is 0 Å². The van der Waals surface area contributed by atoms with Gasteiger partial charge in [-0.3, -0.25) is 9.89 Å². The monoisotopic (exact) mass is 291 g/mol. The number of nitrogens with zero attached hydrogens (tertiary/aromatic N) is 1. The fourth-order valence-electron chi connectivity index (χ4n) is 1.67. The summed E-state index contributed by atoms with van der Waals surface area (Å²) in [6.07, 6.45) is 2.17. The van der Waals surface area contributed by atoms with Crippen LogP contribution in [0.5, 0.6) is 0 Å². The van der Waals surface area contributed by atoms with Crippen LogP contribution in [0.25, 0.3) is 0 Å². The molecule has 0 spiro atoms. The zero-order valence-electron chi connectivity index (χ0n) is 10.1. The molecule has 0 saturated heterocycles. The largest absolute Gasteiger partial charge is 0.345 e. The Balaban J connectivity index is 2.39. The van der Waals surface area contributed by atoms with E-state index < -0.39 is 15.0 Å². The Hall–Kier alpha value is -1.08. The fourth-order valence-corrected chi connectivity index (χ4v) is 3.02. The van der Waals surface area contributed by atoms with Gasteiger partial charge in [0, 0.05) is 16.2 Å². The second-order valence-corrected chi connectivity index (χ2v) is 7.19. The minimum atomic E-state index is -4.00. The van der Waals surface area contributed by atoms with Gasteiger partial charge in [0.2, 0.25) is 0 Å². The molecule has 0 aliphatic heterocycles. The Morgan fingerprint density at radius 1 is 1.56 bits per heavy atom. The Kier molecular flexibility index (Phi) is 3.14. The van der Waals surface area contributed by atoms with E-state index in [0.29, 0.717) is 12.1 Å². The summed E-state index contributed by atoms with van der Waals surface area (Å²) >= 11 is 0. The Morgan fingerprint density at radius 3 is 2.61 bits per heavy atom. The van der Waals surface area contributed by atoms with E-state index in [-0.39, 0.29) is 16.1 Å². The van der Waals surface area contributed by atoms with Gasteiger partial charge in [0.1, 0.15) is 4.90 Å². The summed E-state index contributed by atoms with van der Waals surface area (Å²) in [7, 11) is 1.36. The highest BCUT2D eigenvalue weighted by atomic mass is 35.7. The lowest BCUT2D eigenvalue weighted by atomic mass is 10.2. The van der Waals surface area contributed by atoms with Gasteiger partial charge in [0.05, 0.1) is 5.69 Å². The molecule has 1 aromatic rings. The van der Waals surface area contributed by atoms with Crippen molar-refractivity contribution in [1.82, 2.24) is 15.5 Å². The van der Waals surface area contributed by atoms with E-state index in [9.17, 15) is 13.2 Å². The molecule has 2 N–H and O–H groups in total. The second kappa shape index (κ2) is 4.24. The van der Waals surface area contributed by atoms with E-state index in [1.54, 1.807) is 6.92 Å². The average molecular weight is 292 g/mol. The fraction of sp³-hybridized carbons (Fsp3) is 0.600. The van der Waals surface area contributed by atoms with Crippen LogP contribution >= 0.6 is 10.7 Å². The molecule has 1 heterocycles. The molecule has 2 rings (SSSR count). The summed E-state index contributed by atoms with van der Waals surface area (Å²) in [6.45, 7) is 3.65. The number of aryl methyl sites for hydroxylation is 1. The second-order valence-electron chi connectivity index (χ2n) is 4.69. The predicted octanol–water partition coefficient (Wildman–Crippen LogP) is 1.18. The van der Waals surface area contributed by atoms with Gasteiger partial charge >= 0.3 is 0 Å². The van der Waals surface area contributed by atoms with Crippen molar-refractivity contribution in [2.24, 2.45) is 0 Å². The van der Waals surface area contributed by atoms with Crippen LogP contribution in [0.4, 0.5) is 0 Å². The summed E-state index contributed by atoms with van der Waals surface area (Å²) in [5, 5.41) is 9.06. The number of hydrogen-bond donors (Lipinski definition) is 2. The molecular formula is C10H14ClN3O3S. The zero-order valence-corrected chi connectivity index (χ0v) is 11.7. The SMILES string of the molecule is CCc1[nH]nc(C(=O)NC2(C)CC2)c1S(=O)(=O)Cl. The quantitative estimate of drug-likeness (QED) is 0.815. The Labute approximate surface area is 110 Å². The molecule has 18 heavy (non-hydrogen) atoms. The summed E-state index contributed by atoms with van der Waals surface area (Å²) < 4.78 is 23.0. The van der Waals surface area contributed by atoms with Gasteiger partial charge in [-0.15, -0.1) is 0 Å². The number of halogens is 1. The van der Waals surface area contributed by atoms with Gasteiger partial charge in [-0.25, -0.2) is 8.42 Å². The minimum Gasteiger partial charge on any atom is -0.345 e. The highest BCUT2D eigenvalue weighted by molar-refractivity contribution is 8.13. The van der Waals surface area contributed by atoms with Gasteiger partial charge in [0.25, 0.3) is 15.0 Å². The van der Waals surface area contributed by atoms with E-state index >= 15 is 0 Å². The molecule has 1 amide bonds. The molecule has 1 aliphatic rings. The first-order valence-electron chi connectivity index (χ1n) is 5.61. The normalized spacial score (nSPS) is 17.5. The smallest absolute Gasteiger partial charge is 0.273 e. The van der Waals surface area contributed by atoms with Crippen LogP contribution in [-0.2, 0) is 15.5 Å². The van der Waals surface area contributed by atoms with Gasteiger partial charge in [-0.05, 0) is 26.2 Å². The highest BCUT2D eigenvalue weighted by Crippen LogP contribution is 2.35. The molecule has 8 heteroatoms. The minimum absolute atomic E-state index is 0.157. The van der Waals surface area contributed by atoms with Crippen LogP contribution in [0.3, 0.4) is 0 Å². The van der Waals surface area contributed by atoms with E-state index in [4.69, 9.17) is 10.7 Å². The molecule has 0 unspecified atom stereocenters. The van der Waals surface area contributed by atoms with Crippen molar-refractivity contribution in [1.29, 1.82) is 0 Å². The number of H-pyrrole nitrogens is 1. The lowest BCUT2D eigenvalue weighted by Crippen LogP contribution is -2.35. The highest BCUT2D eigenvalue weighted by Gasteiger charge is 2.40. The molecule has 1 aliphatic carbocycles. The summed E-state index contributed by atoms with van der Waals surface area (Å²) in [5.41, 5.74) is -0.0541. The van der Waals surface area contributed by atoms with Crippen molar-refractivity contribution in [3.05, 3.63) is 11.4 Å². The van der Waals surface area contributed by atoms with Crippen LogP contribution in [0.15, 0.2) is 4.90 Å². The molecule has 0 atom stereocenters. The van der Waals surface area contributed by atoms with E-state index in [1.807, 2.05) is 6.92 Å². The van der Waals surface area contributed by atoms with Gasteiger partial charge < -0.3 is 5.32 Å². The average Bonchev–Trinajstić information content (AvgIpc) is 2.82. The van der Waals surface area contributed by atoms with Gasteiger partial charge in [-0.1, -0.05) is 6.92 Å². The molecular weight excluding hydrogens is 278 g/mol. The number of aromatic nitrogens is 2. The third-order valence-corrected chi connectivity index (χ3v) is 4.41. The lowest BCUT2D eigenvalue weighted by Gasteiger charge is -2.10. The standard InChI is InChI=1S/C10H14ClN3O3S/c1-3-6-8(18(11,16)17)7(14-13-6)9(15)12-10(2)4-5-10/h3-5H2,1-2H3,(H,12,15)(H,13,14). The van der Waals surface area contributed by atoms with Crippen LogP contribution in [0, 0.1) is 0 Å². The summed E-state index contributed by atoms with van der Waals surface area (Å²) in [6, 6.07) is 0. The number of nitrogens with one attached hydrogen (secondary N) is 2. The molecule has 1 saturated carbocycles. The van der Waals surface area contributed by atoms with E-state index in [2.05, 4.69) is 15.5 Å². The molecule has 0 aromatic carbocycles. The Bertz CT molecular complexity index is 590. The summed E-state index contributed by atoms with van der Waals surface area (Å²) in [4.78, 5) is 11.8. The Morgan fingerprint density at radius 2 is 2.17 bits per heavy atom. The summed E-state index contributed by atoms with van der Waals surface area (Å²) in [5.74, 6) is -0.509. The third kappa shape index (κ3) is 2.51. The number of aromatic amines is 1. The number of rotatable bonds is 4. The van der Waals surface area contributed by atoms with E-state index in [0.717, 1.165) is 12.8 Å². The molecule has 100 valence electrons. The lowest BCUT2D eigenvalue weighted by molar-refractivity contribution is 0.0927. The maximum Gasteiger partial charge on any atom is 0.273 e. The van der Waals surface area contributed by atoms with Crippen molar-refractivity contribution in [3.63, 3.8) is 0 Å². The molecule has 1 fully saturated rings. The first-order chi connectivity index (χ1) is 8.27. The number of carbonyl (C=O) groups excluding carboxylic acids is 1. The first kappa shape index (κ1) is 13.4. The molecule has 0 bridgehead atoms. The van der Waals surface area contributed by atoms with Crippen molar-refractivity contribution in [2.75, 3.05) is 0 Å². The van der Waals surface area contributed by atoms with Crippen molar-refractivity contribution < 1.29 is 13.2 Å². The van der Waals surface area contributed by atoms with Gasteiger partial charge in [0.15, 0.2) is 5.69 Å². The van der Waals surface area contributed by atoms with Crippen LogP contribution in [-0.4, -0.2) is 30.1 Å². The predicted molar refractivity (Wildman–Crippen MR) is 66.1 cm³/mol. The third-order valence-electron chi connectivity index (χ3n) is 3.02. The molecule has 6 nitrogen and oxygen atoms in total. The molecule has 0 radical (unpaired) electrons. The van der Waals surface area contributed by atoms with Crippen molar-refractivity contribution in [3.8, 4) is 0 Å². The van der Waals surface area contributed by atoms with Gasteiger partial charge in [-0.2, -0.15) is 5.10 Å². The maximum atomic E-state index is 12.0.